The Labute approximate surface area is 112 Å². The molecule has 0 aliphatic rings. The maximum Gasteiger partial charge on any atom is 0.243 e. The summed E-state index contributed by atoms with van der Waals surface area (Å²) >= 11 is 0. The fourth-order valence-electron chi connectivity index (χ4n) is 1.70. The van der Waals surface area contributed by atoms with Crippen LogP contribution in [0.4, 0.5) is 11.6 Å². The van der Waals surface area contributed by atoms with Gasteiger partial charge < -0.3 is 5.73 Å². The van der Waals surface area contributed by atoms with Crippen LogP contribution < -0.4 is 11.2 Å². The number of anilines is 2. The number of aromatic nitrogens is 2. The van der Waals surface area contributed by atoms with Gasteiger partial charge in [0.25, 0.3) is 0 Å². The van der Waals surface area contributed by atoms with Gasteiger partial charge >= 0.3 is 0 Å². The number of hydrogen-bond donors (Lipinski definition) is 2. The van der Waals surface area contributed by atoms with Crippen LogP contribution >= 0.6 is 0 Å². The van der Waals surface area contributed by atoms with E-state index in [1.165, 1.54) is 0 Å². The number of nitrogens with zero attached hydrogens (tertiary/aromatic N) is 3. The number of benzene rings is 1. The first-order valence-corrected chi connectivity index (χ1v) is 6.03. The second-order valence-corrected chi connectivity index (χ2v) is 4.41. The Balaban J connectivity index is 2.15. The third-order valence-corrected chi connectivity index (χ3v) is 2.63. The average molecular weight is 255 g/mol. The van der Waals surface area contributed by atoms with Gasteiger partial charge in [-0.2, -0.15) is 5.10 Å². The molecular weight excluding hydrogens is 238 g/mol. The molecule has 0 aliphatic carbocycles. The molecule has 5 nitrogen and oxygen atoms in total. The standard InChI is InChI=1S/C14H17N5/c1-9-8-10(2)17-14(16-9)19-18-11(3)12-4-6-13(15)7-5-12/h4-8H,15H2,1-3H3,(H,16,17,19)/b18-11-. The Kier molecular flexibility index (Phi) is 3.75. The van der Waals surface area contributed by atoms with Gasteiger partial charge in [-0.25, -0.2) is 15.4 Å². The highest BCUT2D eigenvalue weighted by Gasteiger charge is 2.00. The lowest BCUT2D eigenvalue weighted by atomic mass is 10.1. The fraction of sp³-hybridized carbons (Fsp3) is 0.214. The first-order chi connectivity index (χ1) is 9.04. The minimum atomic E-state index is 0.507. The van der Waals surface area contributed by atoms with Crippen molar-refractivity contribution in [1.29, 1.82) is 0 Å². The molecule has 0 radical (unpaired) electrons. The molecule has 0 atom stereocenters. The number of aryl methyl sites for hydroxylation is 2. The predicted molar refractivity (Wildman–Crippen MR) is 78.2 cm³/mol. The van der Waals surface area contributed by atoms with Crippen LogP contribution in [0.1, 0.15) is 23.9 Å². The van der Waals surface area contributed by atoms with E-state index in [1.54, 1.807) is 0 Å². The van der Waals surface area contributed by atoms with Gasteiger partial charge in [0.2, 0.25) is 5.95 Å². The van der Waals surface area contributed by atoms with Crippen molar-refractivity contribution in [3.63, 3.8) is 0 Å². The molecule has 0 fully saturated rings. The Bertz CT molecular complexity index is 581. The van der Waals surface area contributed by atoms with Crippen LogP contribution in [0, 0.1) is 13.8 Å². The van der Waals surface area contributed by atoms with Crippen molar-refractivity contribution in [3.8, 4) is 0 Å². The van der Waals surface area contributed by atoms with E-state index < -0.39 is 0 Å². The van der Waals surface area contributed by atoms with Gasteiger partial charge in [0, 0.05) is 17.1 Å². The van der Waals surface area contributed by atoms with Gasteiger partial charge in [-0.3, -0.25) is 0 Å². The largest absolute Gasteiger partial charge is 0.399 e. The van der Waals surface area contributed by atoms with E-state index in [1.807, 2.05) is 51.1 Å². The monoisotopic (exact) mass is 255 g/mol. The lowest BCUT2D eigenvalue weighted by Gasteiger charge is -2.04. The molecular formula is C14H17N5. The summed E-state index contributed by atoms with van der Waals surface area (Å²) in [5.74, 6) is 0.507. The molecule has 1 aromatic heterocycles. The maximum absolute atomic E-state index is 5.65. The van der Waals surface area contributed by atoms with E-state index in [0.29, 0.717) is 5.95 Å². The molecule has 5 heteroatoms. The van der Waals surface area contributed by atoms with Crippen LogP contribution in [-0.2, 0) is 0 Å². The summed E-state index contributed by atoms with van der Waals surface area (Å²) in [6.07, 6.45) is 0. The Morgan fingerprint density at radius 3 is 2.26 bits per heavy atom. The highest BCUT2D eigenvalue weighted by molar-refractivity contribution is 5.99. The first kappa shape index (κ1) is 13.0. The quantitative estimate of drug-likeness (QED) is 0.502. The summed E-state index contributed by atoms with van der Waals surface area (Å²) in [6.45, 7) is 5.77. The van der Waals surface area contributed by atoms with Crippen LogP contribution in [0.3, 0.4) is 0 Å². The molecule has 2 rings (SSSR count). The highest BCUT2D eigenvalue weighted by Crippen LogP contribution is 2.08. The molecule has 19 heavy (non-hydrogen) atoms. The number of rotatable bonds is 3. The summed E-state index contributed by atoms with van der Waals surface area (Å²) in [5.41, 5.74) is 12.9. The van der Waals surface area contributed by atoms with Crippen LogP contribution in [0.2, 0.25) is 0 Å². The Morgan fingerprint density at radius 2 is 1.68 bits per heavy atom. The second kappa shape index (κ2) is 5.48. The molecule has 3 N–H and O–H groups in total. The first-order valence-electron chi connectivity index (χ1n) is 6.03. The number of nitrogen functional groups attached to an aromatic ring is 1. The topological polar surface area (TPSA) is 76.2 Å². The van der Waals surface area contributed by atoms with Gasteiger partial charge in [-0.05, 0) is 44.5 Å². The van der Waals surface area contributed by atoms with E-state index in [-0.39, 0.29) is 0 Å². The van der Waals surface area contributed by atoms with Crippen LogP contribution in [-0.4, -0.2) is 15.7 Å². The van der Waals surface area contributed by atoms with E-state index >= 15 is 0 Å². The Hall–Kier alpha value is -2.43. The van der Waals surface area contributed by atoms with E-state index in [0.717, 1.165) is 28.4 Å². The van der Waals surface area contributed by atoms with Crippen molar-refractivity contribution in [2.45, 2.75) is 20.8 Å². The number of nitrogens with one attached hydrogen (secondary N) is 1. The zero-order valence-electron chi connectivity index (χ0n) is 11.3. The summed E-state index contributed by atoms with van der Waals surface area (Å²) in [7, 11) is 0. The normalized spacial score (nSPS) is 11.4. The summed E-state index contributed by atoms with van der Waals surface area (Å²) in [4.78, 5) is 8.53. The van der Waals surface area contributed by atoms with Crippen molar-refractivity contribution in [3.05, 3.63) is 47.3 Å². The van der Waals surface area contributed by atoms with Crippen LogP contribution in [0.5, 0.6) is 0 Å². The molecule has 1 aromatic carbocycles. The summed E-state index contributed by atoms with van der Waals surface area (Å²) in [6, 6.07) is 9.47. The molecule has 0 amide bonds. The number of hydrazone groups is 1. The number of nitrogens with two attached hydrogens (primary N) is 1. The minimum absolute atomic E-state index is 0.507. The number of hydrogen-bond acceptors (Lipinski definition) is 5. The van der Waals surface area contributed by atoms with Gasteiger partial charge in [0.05, 0.1) is 5.71 Å². The van der Waals surface area contributed by atoms with Gasteiger partial charge in [-0.1, -0.05) is 12.1 Å². The third kappa shape index (κ3) is 3.51. The van der Waals surface area contributed by atoms with Crippen molar-refractivity contribution >= 4 is 17.3 Å². The van der Waals surface area contributed by atoms with Crippen molar-refractivity contribution in [1.82, 2.24) is 9.97 Å². The molecule has 2 aromatic rings. The smallest absolute Gasteiger partial charge is 0.243 e. The highest BCUT2D eigenvalue weighted by atomic mass is 15.4. The van der Waals surface area contributed by atoms with E-state index in [9.17, 15) is 0 Å². The Morgan fingerprint density at radius 1 is 1.11 bits per heavy atom. The van der Waals surface area contributed by atoms with Crippen molar-refractivity contribution < 1.29 is 0 Å². The average Bonchev–Trinajstić information content (AvgIpc) is 2.36. The lowest BCUT2D eigenvalue weighted by molar-refractivity contribution is 1.03. The molecule has 98 valence electrons. The van der Waals surface area contributed by atoms with Crippen LogP contribution in [0.25, 0.3) is 0 Å². The maximum atomic E-state index is 5.65. The van der Waals surface area contributed by atoms with E-state index in [4.69, 9.17) is 5.73 Å². The minimum Gasteiger partial charge on any atom is -0.399 e. The molecule has 0 unspecified atom stereocenters. The molecule has 0 bridgehead atoms. The molecule has 0 spiro atoms. The van der Waals surface area contributed by atoms with E-state index in [2.05, 4.69) is 20.5 Å². The summed E-state index contributed by atoms with van der Waals surface area (Å²) < 4.78 is 0. The summed E-state index contributed by atoms with van der Waals surface area (Å²) in [5, 5.41) is 4.28. The molecule has 1 heterocycles. The fourth-order valence-corrected chi connectivity index (χ4v) is 1.70. The molecule has 0 aliphatic heterocycles. The SMILES string of the molecule is C/C(=N/Nc1nc(C)cc(C)n1)c1ccc(N)cc1. The zero-order chi connectivity index (χ0) is 13.8. The molecule has 0 saturated heterocycles. The van der Waals surface area contributed by atoms with Crippen LogP contribution in [0.15, 0.2) is 35.4 Å². The van der Waals surface area contributed by atoms with Gasteiger partial charge in [0.1, 0.15) is 0 Å². The lowest BCUT2D eigenvalue weighted by Crippen LogP contribution is -2.03. The zero-order valence-corrected chi connectivity index (χ0v) is 11.3. The van der Waals surface area contributed by atoms with Crippen molar-refractivity contribution in [2.75, 3.05) is 11.2 Å². The van der Waals surface area contributed by atoms with Gasteiger partial charge in [-0.15, -0.1) is 0 Å². The molecule has 0 saturated carbocycles. The van der Waals surface area contributed by atoms with Crippen molar-refractivity contribution in [2.24, 2.45) is 5.10 Å². The predicted octanol–water partition coefficient (Wildman–Crippen LogP) is 2.51. The third-order valence-electron chi connectivity index (χ3n) is 2.63. The second-order valence-electron chi connectivity index (χ2n) is 4.41. The van der Waals surface area contributed by atoms with Gasteiger partial charge in [0.15, 0.2) is 0 Å².